The Morgan fingerprint density at radius 3 is 2.42 bits per heavy atom. The SMILES string of the molecule is CC(C)OC(=O)C(C)(C)COS(=O)(=O)N1C(=O)[C@@H](CC(=O)/C(=N/OC(C)(C)OC=O)c2csc(N)n2)[C@@H]1C. The first-order chi connectivity index (χ1) is 17.4. The zero-order chi connectivity index (χ0) is 29.1. The highest BCUT2D eigenvalue weighted by Gasteiger charge is 2.53. The topological polar surface area (TPSA) is 194 Å². The van der Waals surface area contributed by atoms with E-state index < -0.39 is 70.3 Å². The quantitative estimate of drug-likeness (QED) is 0.0836. The van der Waals surface area contributed by atoms with Crippen LogP contribution in [0.2, 0.25) is 0 Å². The molecule has 0 spiro atoms. The third-order valence-corrected chi connectivity index (χ3v) is 7.40. The third-order valence-electron chi connectivity index (χ3n) is 5.31. The summed E-state index contributed by atoms with van der Waals surface area (Å²) in [5, 5.41) is 5.38. The number of thiazole rings is 1. The van der Waals surface area contributed by atoms with Crippen molar-refractivity contribution < 1.29 is 46.1 Å². The summed E-state index contributed by atoms with van der Waals surface area (Å²) in [6, 6.07) is -0.931. The van der Waals surface area contributed by atoms with E-state index >= 15 is 0 Å². The van der Waals surface area contributed by atoms with Crippen LogP contribution in [-0.2, 0) is 48.0 Å². The van der Waals surface area contributed by atoms with E-state index in [1.54, 1.807) is 13.8 Å². The zero-order valence-electron chi connectivity index (χ0n) is 22.1. The van der Waals surface area contributed by atoms with E-state index in [9.17, 15) is 27.6 Å². The number of hydrogen-bond acceptors (Lipinski definition) is 14. The van der Waals surface area contributed by atoms with E-state index in [2.05, 4.69) is 10.1 Å². The summed E-state index contributed by atoms with van der Waals surface area (Å²) < 4.78 is 40.8. The summed E-state index contributed by atoms with van der Waals surface area (Å²) in [6.45, 7) is 10.00. The molecule has 16 heteroatoms. The van der Waals surface area contributed by atoms with Gasteiger partial charge in [0.25, 0.3) is 12.3 Å². The molecule has 0 aromatic carbocycles. The minimum atomic E-state index is -4.56. The van der Waals surface area contributed by atoms with Crippen molar-refractivity contribution in [2.45, 2.75) is 72.8 Å². The molecule has 2 heterocycles. The normalized spacial score (nSPS) is 18.7. The molecule has 0 bridgehead atoms. The summed E-state index contributed by atoms with van der Waals surface area (Å²) in [5.41, 5.74) is 4.14. The molecule has 0 radical (unpaired) electrons. The maximum absolute atomic E-state index is 13.1. The molecule has 2 N–H and O–H groups in total. The average molecular weight is 577 g/mol. The fraction of sp³-hybridized carbons (Fsp3) is 0.636. The number of nitrogen functional groups attached to an aromatic ring is 1. The van der Waals surface area contributed by atoms with E-state index in [1.165, 1.54) is 40.0 Å². The van der Waals surface area contributed by atoms with Crippen LogP contribution in [0.4, 0.5) is 5.13 Å². The first-order valence-electron chi connectivity index (χ1n) is 11.5. The van der Waals surface area contributed by atoms with Crippen molar-refractivity contribution in [2.75, 3.05) is 12.3 Å². The number of rotatable bonds is 14. The Hall–Kier alpha value is -3.11. The van der Waals surface area contributed by atoms with Crippen molar-refractivity contribution in [3.63, 3.8) is 0 Å². The van der Waals surface area contributed by atoms with E-state index in [4.69, 9.17) is 24.2 Å². The highest BCUT2D eigenvalue weighted by Crippen LogP contribution is 2.34. The number of nitrogens with two attached hydrogens (primary N) is 1. The Kier molecular flexibility index (Phi) is 9.61. The smallest absolute Gasteiger partial charge is 0.364 e. The molecule has 0 unspecified atom stereocenters. The summed E-state index contributed by atoms with van der Waals surface area (Å²) in [5.74, 6) is -4.73. The van der Waals surface area contributed by atoms with Gasteiger partial charge in [0, 0.05) is 25.6 Å². The number of ether oxygens (including phenoxy) is 2. The first-order valence-corrected chi connectivity index (χ1v) is 13.7. The average Bonchev–Trinajstić information content (AvgIpc) is 3.21. The molecule has 1 aromatic rings. The van der Waals surface area contributed by atoms with Crippen LogP contribution in [0.1, 0.15) is 60.6 Å². The molecule has 1 saturated heterocycles. The Labute approximate surface area is 224 Å². The lowest BCUT2D eigenvalue weighted by molar-refractivity contribution is -0.203. The van der Waals surface area contributed by atoms with Crippen LogP contribution in [0, 0.1) is 11.3 Å². The van der Waals surface area contributed by atoms with Crippen LogP contribution >= 0.6 is 11.3 Å². The van der Waals surface area contributed by atoms with Gasteiger partial charge < -0.3 is 20.0 Å². The van der Waals surface area contributed by atoms with E-state index in [-0.39, 0.29) is 23.0 Å². The third kappa shape index (κ3) is 7.48. The van der Waals surface area contributed by atoms with Gasteiger partial charge in [0.05, 0.1) is 30.1 Å². The molecular weight excluding hydrogens is 544 g/mol. The van der Waals surface area contributed by atoms with Crippen LogP contribution < -0.4 is 5.73 Å². The number of anilines is 1. The van der Waals surface area contributed by atoms with Crippen LogP contribution in [0.25, 0.3) is 0 Å². The van der Waals surface area contributed by atoms with Gasteiger partial charge >= 0.3 is 16.3 Å². The van der Waals surface area contributed by atoms with Crippen molar-refractivity contribution >= 4 is 56.6 Å². The summed E-state index contributed by atoms with van der Waals surface area (Å²) >= 11 is 1.04. The van der Waals surface area contributed by atoms with E-state index in [0.717, 1.165) is 11.3 Å². The van der Waals surface area contributed by atoms with Gasteiger partial charge in [0.2, 0.25) is 5.91 Å². The van der Waals surface area contributed by atoms with Gasteiger partial charge in [-0.3, -0.25) is 23.4 Å². The molecule has 1 aromatic heterocycles. The number of Topliss-reactive ketones (excluding diaryl/α,β-unsaturated/α-hetero) is 1. The molecule has 38 heavy (non-hydrogen) atoms. The number of nitrogens with zero attached hydrogens (tertiary/aromatic N) is 3. The van der Waals surface area contributed by atoms with E-state index in [1.807, 2.05) is 0 Å². The number of hydrogen-bond donors (Lipinski definition) is 1. The van der Waals surface area contributed by atoms with Gasteiger partial charge in [-0.2, -0.15) is 8.42 Å². The molecule has 2 rings (SSSR count). The number of esters is 1. The van der Waals surface area contributed by atoms with Crippen molar-refractivity contribution in [1.29, 1.82) is 0 Å². The number of oxime groups is 1. The van der Waals surface area contributed by atoms with Gasteiger partial charge in [-0.25, -0.2) is 9.29 Å². The fourth-order valence-electron chi connectivity index (χ4n) is 3.16. The van der Waals surface area contributed by atoms with Gasteiger partial charge in [0.1, 0.15) is 5.69 Å². The Morgan fingerprint density at radius 1 is 1.29 bits per heavy atom. The molecule has 2 atom stereocenters. The minimum Gasteiger partial charge on any atom is -0.462 e. The van der Waals surface area contributed by atoms with Crippen molar-refractivity contribution in [3.05, 3.63) is 11.1 Å². The van der Waals surface area contributed by atoms with Crippen LogP contribution in [0.3, 0.4) is 0 Å². The molecule has 212 valence electrons. The van der Waals surface area contributed by atoms with Gasteiger partial charge in [0.15, 0.2) is 16.6 Å². The predicted octanol–water partition coefficient (Wildman–Crippen LogP) is 1.40. The summed E-state index contributed by atoms with van der Waals surface area (Å²) in [6.07, 6.45) is -0.830. The summed E-state index contributed by atoms with van der Waals surface area (Å²) in [7, 11) is -4.56. The number of ketones is 1. The van der Waals surface area contributed by atoms with Crippen molar-refractivity contribution in [2.24, 2.45) is 16.5 Å². The Bertz CT molecular complexity index is 1210. The Balaban J connectivity index is 2.14. The lowest BCUT2D eigenvalue weighted by Gasteiger charge is -2.43. The highest BCUT2D eigenvalue weighted by atomic mass is 32.2. The lowest BCUT2D eigenvalue weighted by atomic mass is 9.86. The molecule has 1 amide bonds. The molecule has 1 fully saturated rings. The Morgan fingerprint density at radius 2 is 1.92 bits per heavy atom. The van der Waals surface area contributed by atoms with Gasteiger partial charge in [-0.15, -0.1) is 11.3 Å². The molecule has 14 nitrogen and oxygen atoms in total. The summed E-state index contributed by atoms with van der Waals surface area (Å²) in [4.78, 5) is 57.9. The largest absolute Gasteiger partial charge is 0.462 e. The first kappa shape index (κ1) is 31.1. The van der Waals surface area contributed by atoms with Gasteiger partial charge in [-0.05, 0) is 34.6 Å². The molecule has 0 saturated carbocycles. The van der Waals surface area contributed by atoms with E-state index in [0.29, 0.717) is 4.31 Å². The maximum Gasteiger partial charge on any atom is 0.364 e. The lowest BCUT2D eigenvalue weighted by Crippen LogP contribution is -2.62. The minimum absolute atomic E-state index is 0.0714. The van der Waals surface area contributed by atoms with Crippen LogP contribution in [-0.4, -0.2) is 72.1 Å². The van der Waals surface area contributed by atoms with Crippen molar-refractivity contribution in [3.8, 4) is 0 Å². The van der Waals surface area contributed by atoms with Crippen LogP contribution in [0.15, 0.2) is 10.5 Å². The number of carbonyl (C=O) groups is 4. The second-order valence-electron chi connectivity index (χ2n) is 9.88. The zero-order valence-corrected chi connectivity index (χ0v) is 23.8. The van der Waals surface area contributed by atoms with Crippen molar-refractivity contribution in [1.82, 2.24) is 9.29 Å². The second kappa shape index (κ2) is 11.7. The molecule has 1 aliphatic heterocycles. The van der Waals surface area contributed by atoms with Gasteiger partial charge in [-0.1, -0.05) is 5.16 Å². The molecule has 0 aliphatic carbocycles. The molecular formula is C22H32N4O10S2. The van der Waals surface area contributed by atoms with Crippen LogP contribution in [0.5, 0.6) is 0 Å². The predicted molar refractivity (Wildman–Crippen MR) is 135 cm³/mol. The number of aromatic nitrogens is 1. The fourth-order valence-corrected chi connectivity index (χ4v) is 5.18. The number of carbonyl (C=O) groups excluding carboxylic acids is 4. The second-order valence-corrected chi connectivity index (χ2v) is 12.3. The molecule has 1 aliphatic rings. The number of β-lactam (4-membered cyclic amide) rings is 1. The monoisotopic (exact) mass is 576 g/mol. The maximum atomic E-state index is 13.1. The number of amides is 1. The standard InChI is InChI=1S/C22H32N4O10S2/c1-12(2)35-19(30)21(4,5)10-34-38(31,32)26-13(3)14(18(26)29)8-16(28)17(15-9-37-20(23)24-15)25-36-22(6,7)33-11-27/h9,11-14H,8,10H2,1-7H3,(H2,23,24)/b25-17+/t13-,14-/m0/s1. The highest BCUT2D eigenvalue weighted by molar-refractivity contribution is 7.85.